The van der Waals surface area contributed by atoms with E-state index in [1.54, 1.807) is 13.8 Å². The van der Waals surface area contributed by atoms with Gasteiger partial charge in [0.15, 0.2) is 5.41 Å². The molecule has 0 heterocycles. The van der Waals surface area contributed by atoms with E-state index in [9.17, 15) is 14.7 Å². The van der Waals surface area contributed by atoms with Gasteiger partial charge < -0.3 is 9.84 Å². The van der Waals surface area contributed by atoms with E-state index in [1.807, 2.05) is 24.3 Å². The van der Waals surface area contributed by atoms with Gasteiger partial charge in [-0.1, -0.05) is 31.2 Å². The van der Waals surface area contributed by atoms with Crippen LogP contribution in [-0.4, -0.2) is 23.7 Å². The number of rotatable bonds is 6. The molecule has 1 aliphatic carbocycles. The molecule has 2 unspecified atom stereocenters. The highest BCUT2D eigenvalue weighted by Gasteiger charge is 2.49. The zero-order valence-electron chi connectivity index (χ0n) is 11.9. The Hall–Kier alpha value is -1.84. The van der Waals surface area contributed by atoms with Crippen LogP contribution in [0, 0.1) is 5.41 Å². The average molecular weight is 276 g/mol. The average Bonchev–Trinajstić information content (AvgIpc) is 2.40. The van der Waals surface area contributed by atoms with Crippen molar-refractivity contribution in [2.24, 2.45) is 5.41 Å². The molecule has 1 N–H and O–H groups in total. The molecule has 0 saturated heterocycles. The lowest BCUT2D eigenvalue weighted by molar-refractivity contribution is -0.170. The first-order valence-corrected chi connectivity index (χ1v) is 7.03. The van der Waals surface area contributed by atoms with Crippen LogP contribution in [0.4, 0.5) is 0 Å². The maximum atomic E-state index is 12.1. The molecule has 1 aromatic carbocycles. The third kappa shape index (κ3) is 2.30. The van der Waals surface area contributed by atoms with Crippen molar-refractivity contribution in [1.29, 1.82) is 0 Å². The Morgan fingerprint density at radius 2 is 2.05 bits per heavy atom. The van der Waals surface area contributed by atoms with Gasteiger partial charge in [0, 0.05) is 0 Å². The van der Waals surface area contributed by atoms with Crippen LogP contribution < -0.4 is 0 Å². The highest BCUT2D eigenvalue weighted by molar-refractivity contribution is 5.99. The molecule has 0 radical (unpaired) electrons. The summed E-state index contributed by atoms with van der Waals surface area (Å²) >= 11 is 0. The summed E-state index contributed by atoms with van der Waals surface area (Å²) < 4.78 is 5.00. The van der Waals surface area contributed by atoms with Crippen molar-refractivity contribution in [3.8, 4) is 0 Å². The molecule has 0 spiro atoms. The minimum Gasteiger partial charge on any atom is -0.480 e. The van der Waals surface area contributed by atoms with Crippen LogP contribution in [0.3, 0.4) is 0 Å². The Labute approximate surface area is 118 Å². The van der Waals surface area contributed by atoms with Crippen molar-refractivity contribution in [2.75, 3.05) is 6.61 Å². The first-order chi connectivity index (χ1) is 9.55. The summed E-state index contributed by atoms with van der Waals surface area (Å²) in [6.07, 6.45) is 1.40. The fraction of sp³-hybridized carbons (Fsp3) is 0.500. The molecule has 0 aromatic heterocycles. The lowest BCUT2D eigenvalue weighted by atomic mass is 9.67. The van der Waals surface area contributed by atoms with Crippen LogP contribution in [0.15, 0.2) is 24.3 Å². The van der Waals surface area contributed by atoms with E-state index in [1.165, 1.54) is 5.56 Å². The Bertz CT molecular complexity index is 523. The molecule has 4 nitrogen and oxygen atoms in total. The summed E-state index contributed by atoms with van der Waals surface area (Å²) in [5.41, 5.74) is 0.987. The van der Waals surface area contributed by atoms with Gasteiger partial charge in [-0.05, 0) is 43.2 Å². The fourth-order valence-electron chi connectivity index (χ4n) is 2.93. The monoisotopic (exact) mass is 276 g/mol. The molecule has 20 heavy (non-hydrogen) atoms. The predicted molar refractivity (Wildman–Crippen MR) is 74.5 cm³/mol. The molecule has 1 aliphatic rings. The number of hydrogen-bond acceptors (Lipinski definition) is 3. The number of hydrogen-bond donors (Lipinski definition) is 1. The molecule has 1 aromatic rings. The van der Waals surface area contributed by atoms with E-state index in [0.717, 1.165) is 12.0 Å². The smallest absolute Gasteiger partial charge is 0.323 e. The molecule has 0 saturated carbocycles. The quantitative estimate of drug-likeness (QED) is 0.641. The predicted octanol–water partition coefficient (Wildman–Crippen LogP) is 2.76. The Balaban J connectivity index is 2.22. The van der Waals surface area contributed by atoms with Gasteiger partial charge in [0.1, 0.15) is 0 Å². The summed E-state index contributed by atoms with van der Waals surface area (Å²) in [6.45, 7) is 3.63. The zero-order chi connectivity index (χ0) is 14.8. The van der Waals surface area contributed by atoms with E-state index < -0.39 is 17.4 Å². The highest BCUT2D eigenvalue weighted by Crippen LogP contribution is 2.44. The first-order valence-electron chi connectivity index (χ1n) is 7.03. The second-order valence-electron chi connectivity index (χ2n) is 5.27. The molecule has 2 rings (SSSR count). The molecule has 0 amide bonds. The third-order valence-corrected chi connectivity index (χ3v) is 4.24. The highest BCUT2D eigenvalue weighted by atomic mass is 16.5. The second kappa shape index (κ2) is 5.65. The largest absolute Gasteiger partial charge is 0.480 e. The maximum Gasteiger partial charge on any atom is 0.323 e. The minimum absolute atomic E-state index is 0.131. The van der Waals surface area contributed by atoms with Gasteiger partial charge in [0.2, 0.25) is 0 Å². The van der Waals surface area contributed by atoms with Gasteiger partial charge in [-0.2, -0.15) is 0 Å². The maximum absolute atomic E-state index is 12.1. The number of fused-ring (bicyclic) bond motifs is 1. The van der Waals surface area contributed by atoms with Crippen molar-refractivity contribution >= 4 is 11.9 Å². The van der Waals surface area contributed by atoms with E-state index in [-0.39, 0.29) is 18.9 Å². The van der Waals surface area contributed by atoms with Crippen LogP contribution in [0.25, 0.3) is 0 Å². The van der Waals surface area contributed by atoms with Crippen molar-refractivity contribution in [2.45, 2.75) is 39.0 Å². The second-order valence-corrected chi connectivity index (χ2v) is 5.27. The Morgan fingerprint density at radius 3 is 2.60 bits per heavy atom. The van der Waals surface area contributed by atoms with Crippen LogP contribution in [0.2, 0.25) is 0 Å². The lowest BCUT2D eigenvalue weighted by Crippen LogP contribution is -2.43. The van der Waals surface area contributed by atoms with Gasteiger partial charge in [-0.3, -0.25) is 9.59 Å². The van der Waals surface area contributed by atoms with Gasteiger partial charge in [-0.25, -0.2) is 0 Å². The normalized spacial score (nSPS) is 19.4. The summed E-state index contributed by atoms with van der Waals surface area (Å²) in [5, 5.41) is 9.54. The number of carbonyl (C=O) groups excluding carboxylic acids is 1. The molecule has 0 aliphatic heterocycles. The number of aliphatic carboxylic acids is 1. The number of carboxylic acids is 1. The van der Waals surface area contributed by atoms with Crippen molar-refractivity contribution in [3.05, 3.63) is 35.4 Å². The summed E-state index contributed by atoms with van der Waals surface area (Å²) in [7, 11) is 0. The van der Waals surface area contributed by atoms with Gasteiger partial charge in [-0.15, -0.1) is 0 Å². The summed E-state index contributed by atoms with van der Waals surface area (Å²) in [5.74, 6) is -1.56. The van der Waals surface area contributed by atoms with E-state index in [0.29, 0.717) is 6.42 Å². The van der Waals surface area contributed by atoms with E-state index >= 15 is 0 Å². The molecule has 0 fully saturated rings. The van der Waals surface area contributed by atoms with Crippen LogP contribution >= 0.6 is 0 Å². The van der Waals surface area contributed by atoms with Crippen LogP contribution in [-0.2, 0) is 20.7 Å². The van der Waals surface area contributed by atoms with E-state index in [2.05, 4.69) is 0 Å². The Kier molecular flexibility index (Phi) is 4.12. The topological polar surface area (TPSA) is 63.6 Å². The Morgan fingerprint density at radius 1 is 1.35 bits per heavy atom. The number of ether oxygens (including phenoxy) is 1. The van der Waals surface area contributed by atoms with Gasteiger partial charge in [0.25, 0.3) is 0 Å². The third-order valence-electron chi connectivity index (χ3n) is 4.24. The molecule has 0 bridgehead atoms. The number of esters is 1. The first kappa shape index (κ1) is 14.6. The number of carbonyl (C=O) groups is 2. The van der Waals surface area contributed by atoms with Crippen LogP contribution in [0.5, 0.6) is 0 Å². The number of benzene rings is 1. The fourth-order valence-corrected chi connectivity index (χ4v) is 2.93. The van der Waals surface area contributed by atoms with Gasteiger partial charge in [0.05, 0.1) is 6.61 Å². The zero-order valence-corrected chi connectivity index (χ0v) is 11.9. The molecule has 2 atom stereocenters. The molecule has 108 valence electrons. The lowest BCUT2D eigenvalue weighted by Gasteiger charge is -2.36. The van der Waals surface area contributed by atoms with E-state index in [4.69, 9.17) is 4.74 Å². The van der Waals surface area contributed by atoms with Crippen LogP contribution in [0.1, 0.15) is 43.7 Å². The summed E-state index contributed by atoms with van der Waals surface area (Å²) in [4.78, 5) is 23.8. The van der Waals surface area contributed by atoms with Crippen molar-refractivity contribution < 1.29 is 19.4 Å². The molecule has 4 heteroatoms. The van der Waals surface area contributed by atoms with Crippen molar-refractivity contribution in [3.63, 3.8) is 0 Å². The minimum atomic E-state index is -1.42. The van der Waals surface area contributed by atoms with Crippen molar-refractivity contribution in [1.82, 2.24) is 0 Å². The SMILES string of the molecule is CCOC(=O)C(CC)(CC1Cc2ccccc21)C(=O)O. The number of carboxylic acid groups (broad SMARTS) is 1. The standard InChI is InChI=1S/C16H20O4/c1-3-16(14(17)18,15(19)20-4-2)10-12-9-11-7-5-6-8-13(11)12/h5-8,12H,3-4,9-10H2,1-2H3,(H,17,18). The molecular formula is C16H20O4. The molecular weight excluding hydrogens is 256 g/mol. The van der Waals surface area contributed by atoms with Gasteiger partial charge >= 0.3 is 11.9 Å². The summed E-state index contributed by atoms with van der Waals surface area (Å²) in [6, 6.07) is 7.98.